The van der Waals surface area contributed by atoms with Crippen LogP contribution in [0.4, 0.5) is 17.2 Å². The predicted octanol–water partition coefficient (Wildman–Crippen LogP) is 3.66. The van der Waals surface area contributed by atoms with E-state index in [2.05, 4.69) is 15.5 Å². The van der Waals surface area contributed by atoms with E-state index < -0.39 is 0 Å². The van der Waals surface area contributed by atoms with Crippen molar-refractivity contribution in [3.63, 3.8) is 0 Å². The van der Waals surface area contributed by atoms with Crippen LogP contribution in [0.15, 0.2) is 60.7 Å². The number of benzene rings is 2. The number of rotatable bonds is 5. The van der Waals surface area contributed by atoms with E-state index in [0.717, 1.165) is 12.2 Å². The van der Waals surface area contributed by atoms with E-state index in [4.69, 9.17) is 9.47 Å². The van der Waals surface area contributed by atoms with Gasteiger partial charge in [0.2, 0.25) is 0 Å². The predicted molar refractivity (Wildman–Crippen MR) is 107 cm³/mol. The Morgan fingerprint density at radius 2 is 1.79 bits per heavy atom. The lowest BCUT2D eigenvalue weighted by atomic mass is 10.2. The van der Waals surface area contributed by atoms with Crippen LogP contribution >= 0.6 is 0 Å². The largest absolute Gasteiger partial charge is 0.486 e. The maximum absolute atomic E-state index is 12.5. The third kappa shape index (κ3) is 3.73. The Labute approximate surface area is 162 Å². The number of fused-ring (bicyclic) bond motifs is 1. The van der Waals surface area contributed by atoms with Crippen molar-refractivity contribution in [2.75, 3.05) is 30.0 Å². The van der Waals surface area contributed by atoms with Gasteiger partial charge in [0, 0.05) is 24.0 Å². The first kappa shape index (κ1) is 17.8. The minimum atomic E-state index is -0.335. The van der Waals surface area contributed by atoms with E-state index in [1.54, 1.807) is 30.3 Å². The molecule has 7 heteroatoms. The number of ether oxygens (including phenoxy) is 2. The fraction of sp³-hybridized carbons (Fsp3) is 0.190. The summed E-state index contributed by atoms with van der Waals surface area (Å²) < 4.78 is 11.0. The number of anilines is 3. The van der Waals surface area contributed by atoms with E-state index in [0.29, 0.717) is 36.2 Å². The van der Waals surface area contributed by atoms with Gasteiger partial charge >= 0.3 is 0 Å². The second-order valence-corrected chi connectivity index (χ2v) is 6.17. The van der Waals surface area contributed by atoms with Crippen molar-refractivity contribution in [3.05, 3.63) is 66.4 Å². The van der Waals surface area contributed by atoms with Crippen LogP contribution in [0.5, 0.6) is 11.5 Å². The maximum Gasteiger partial charge on any atom is 0.276 e. The normalized spacial score (nSPS) is 12.3. The molecule has 1 aromatic heterocycles. The molecule has 4 rings (SSSR count). The SMILES string of the molecule is CCN(c1ccccc1)c1ccc(C(=O)Nc2ccc3c(c2)OCCO3)nn1. The lowest BCUT2D eigenvalue weighted by molar-refractivity contribution is 0.102. The molecular weight excluding hydrogens is 356 g/mol. The Hall–Kier alpha value is -3.61. The molecule has 0 saturated heterocycles. The zero-order valence-corrected chi connectivity index (χ0v) is 15.5. The summed E-state index contributed by atoms with van der Waals surface area (Å²) in [5.41, 5.74) is 1.87. The number of nitrogens with zero attached hydrogens (tertiary/aromatic N) is 3. The van der Waals surface area contributed by atoms with Crippen molar-refractivity contribution in [1.29, 1.82) is 0 Å². The summed E-state index contributed by atoms with van der Waals surface area (Å²) in [5, 5.41) is 11.1. The molecule has 2 heterocycles. The number of hydrogen-bond donors (Lipinski definition) is 1. The monoisotopic (exact) mass is 376 g/mol. The highest BCUT2D eigenvalue weighted by atomic mass is 16.6. The standard InChI is InChI=1S/C21H20N4O3/c1-2-25(16-6-4-3-5-7-16)20-11-9-17(23-24-20)21(26)22-15-8-10-18-19(14-15)28-13-12-27-18/h3-11,14H,2,12-13H2,1H3,(H,22,26). The summed E-state index contributed by atoms with van der Waals surface area (Å²) in [4.78, 5) is 14.5. The highest BCUT2D eigenvalue weighted by molar-refractivity contribution is 6.03. The van der Waals surface area contributed by atoms with E-state index in [1.807, 2.05) is 42.2 Å². The Morgan fingerprint density at radius 1 is 1.00 bits per heavy atom. The lowest BCUT2D eigenvalue weighted by Crippen LogP contribution is -2.20. The molecular formula is C21H20N4O3. The summed E-state index contributed by atoms with van der Waals surface area (Å²) in [6.45, 7) is 3.80. The average Bonchev–Trinajstić information content (AvgIpc) is 2.75. The van der Waals surface area contributed by atoms with Crippen LogP contribution in [0.3, 0.4) is 0 Å². The van der Waals surface area contributed by atoms with Gasteiger partial charge in [-0.1, -0.05) is 18.2 Å². The molecule has 0 spiro atoms. The number of nitrogens with one attached hydrogen (secondary N) is 1. The molecule has 0 saturated carbocycles. The minimum Gasteiger partial charge on any atom is -0.486 e. The third-order valence-corrected chi connectivity index (χ3v) is 4.34. The van der Waals surface area contributed by atoms with E-state index in [9.17, 15) is 4.79 Å². The van der Waals surface area contributed by atoms with Crippen molar-refractivity contribution in [2.45, 2.75) is 6.92 Å². The molecule has 0 atom stereocenters. The van der Waals surface area contributed by atoms with Crippen LogP contribution < -0.4 is 19.7 Å². The molecule has 1 aliphatic rings. The van der Waals surface area contributed by atoms with Crippen molar-refractivity contribution in [2.24, 2.45) is 0 Å². The molecule has 0 aliphatic carbocycles. The average molecular weight is 376 g/mol. The molecule has 1 aliphatic heterocycles. The summed E-state index contributed by atoms with van der Waals surface area (Å²) in [5.74, 6) is 1.64. The molecule has 0 bridgehead atoms. The number of amides is 1. The highest BCUT2D eigenvalue weighted by Gasteiger charge is 2.15. The van der Waals surface area contributed by atoms with E-state index >= 15 is 0 Å². The minimum absolute atomic E-state index is 0.239. The first-order valence-corrected chi connectivity index (χ1v) is 9.12. The van der Waals surface area contributed by atoms with Gasteiger partial charge in [-0.3, -0.25) is 4.79 Å². The van der Waals surface area contributed by atoms with Crippen LogP contribution in [0.25, 0.3) is 0 Å². The molecule has 7 nitrogen and oxygen atoms in total. The number of aromatic nitrogens is 2. The first-order chi connectivity index (χ1) is 13.7. The molecule has 28 heavy (non-hydrogen) atoms. The molecule has 1 amide bonds. The summed E-state index contributed by atoms with van der Waals surface area (Å²) in [6.07, 6.45) is 0. The third-order valence-electron chi connectivity index (χ3n) is 4.34. The fourth-order valence-corrected chi connectivity index (χ4v) is 2.99. The highest BCUT2D eigenvalue weighted by Crippen LogP contribution is 2.32. The summed E-state index contributed by atoms with van der Waals surface area (Å²) >= 11 is 0. The molecule has 0 unspecified atom stereocenters. The zero-order valence-electron chi connectivity index (χ0n) is 15.5. The van der Waals surface area contributed by atoms with Crippen LogP contribution in [-0.4, -0.2) is 35.9 Å². The molecule has 1 N–H and O–H groups in total. The van der Waals surface area contributed by atoms with Crippen LogP contribution in [0.2, 0.25) is 0 Å². The van der Waals surface area contributed by atoms with Crippen LogP contribution in [-0.2, 0) is 0 Å². The van der Waals surface area contributed by atoms with Crippen molar-refractivity contribution in [1.82, 2.24) is 10.2 Å². The maximum atomic E-state index is 12.5. The Bertz CT molecular complexity index is 961. The number of hydrogen-bond acceptors (Lipinski definition) is 6. The Kier molecular flexibility index (Phi) is 5.05. The smallest absolute Gasteiger partial charge is 0.276 e. The van der Waals surface area contributed by atoms with Gasteiger partial charge in [0.05, 0.1) is 0 Å². The lowest BCUT2D eigenvalue weighted by Gasteiger charge is -2.21. The Morgan fingerprint density at radius 3 is 2.50 bits per heavy atom. The van der Waals surface area contributed by atoms with Crippen LogP contribution in [0, 0.1) is 0 Å². The summed E-state index contributed by atoms with van der Waals surface area (Å²) in [6, 6.07) is 18.7. The number of para-hydroxylation sites is 1. The van der Waals surface area contributed by atoms with Crippen molar-refractivity contribution in [3.8, 4) is 11.5 Å². The molecule has 142 valence electrons. The van der Waals surface area contributed by atoms with Gasteiger partial charge in [0.1, 0.15) is 13.2 Å². The van der Waals surface area contributed by atoms with Gasteiger partial charge in [-0.2, -0.15) is 0 Å². The molecule has 0 fully saturated rings. The van der Waals surface area contributed by atoms with Crippen LogP contribution in [0.1, 0.15) is 17.4 Å². The van der Waals surface area contributed by atoms with Gasteiger partial charge in [0.25, 0.3) is 5.91 Å². The quantitative estimate of drug-likeness (QED) is 0.732. The second-order valence-electron chi connectivity index (χ2n) is 6.17. The van der Waals surface area contributed by atoms with Gasteiger partial charge in [-0.25, -0.2) is 0 Å². The molecule has 0 radical (unpaired) electrons. The van der Waals surface area contributed by atoms with E-state index in [-0.39, 0.29) is 11.6 Å². The second kappa shape index (κ2) is 7.96. The van der Waals surface area contributed by atoms with Crippen molar-refractivity contribution < 1.29 is 14.3 Å². The van der Waals surface area contributed by atoms with E-state index in [1.165, 1.54) is 0 Å². The topological polar surface area (TPSA) is 76.6 Å². The number of carbonyl (C=O) groups excluding carboxylic acids is 1. The van der Waals surface area contributed by atoms with Gasteiger partial charge < -0.3 is 19.7 Å². The van der Waals surface area contributed by atoms with Gasteiger partial charge in [0.15, 0.2) is 23.0 Å². The first-order valence-electron chi connectivity index (χ1n) is 9.12. The summed E-state index contributed by atoms with van der Waals surface area (Å²) in [7, 11) is 0. The molecule has 3 aromatic rings. The van der Waals surface area contributed by atoms with Gasteiger partial charge in [-0.15, -0.1) is 10.2 Å². The Balaban J connectivity index is 1.48. The van der Waals surface area contributed by atoms with Gasteiger partial charge in [-0.05, 0) is 43.3 Å². The van der Waals surface area contributed by atoms with Crippen molar-refractivity contribution >= 4 is 23.1 Å². The fourth-order valence-electron chi connectivity index (χ4n) is 2.99. The zero-order chi connectivity index (χ0) is 19.3. The number of carbonyl (C=O) groups is 1. The molecule has 2 aromatic carbocycles.